The Hall–Kier alpha value is -1.42. The summed E-state index contributed by atoms with van der Waals surface area (Å²) < 4.78 is 0. The van der Waals surface area contributed by atoms with E-state index in [-0.39, 0.29) is 11.8 Å². The minimum Gasteiger partial charge on any atom is -0.393 e. The zero-order valence-corrected chi connectivity index (χ0v) is 13.0. The normalized spacial score (nSPS) is 14.7. The molecule has 20 heavy (non-hydrogen) atoms. The number of benzene rings is 1. The van der Waals surface area contributed by atoms with Crippen LogP contribution in [0.5, 0.6) is 0 Å². The molecule has 1 aliphatic rings. The van der Waals surface area contributed by atoms with Crippen molar-refractivity contribution in [2.45, 2.75) is 33.1 Å². The monoisotopic (exact) mass is 290 g/mol. The molecule has 1 atom stereocenters. The first kappa shape index (κ1) is 15.0. The summed E-state index contributed by atoms with van der Waals surface area (Å²) in [6, 6.07) is 6.10. The van der Waals surface area contributed by atoms with Crippen LogP contribution in [0.15, 0.2) is 18.2 Å². The molecule has 0 aromatic heterocycles. The maximum Gasteiger partial charge on any atom is 0.253 e. The van der Waals surface area contributed by atoms with Crippen molar-refractivity contribution < 1.29 is 4.79 Å². The van der Waals surface area contributed by atoms with Gasteiger partial charge in [0.1, 0.15) is 0 Å². The fourth-order valence-corrected chi connectivity index (χ4v) is 2.74. The van der Waals surface area contributed by atoms with E-state index in [1.54, 1.807) is 0 Å². The van der Waals surface area contributed by atoms with Crippen molar-refractivity contribution in [2.24, 2.45) is 11.7 Å². The molecule has 1 amide bonds. The van der Waals surface area contributed by atoms with Gasteiger partial charge in [-0.2, -0.15) is 0 Å². The number of rotatable bonds is 5. The van der Waals surface area contributed by atoms with Crippen LogP contribution in [0.25, 0.3) is 0 Å². The van der Waals surface area contributed by atoms with Gasteiger partial charge in [-0.05, 0) is 49.4 Å². The molecule has 2 rings (SSSR count). The van der Waals surface area contributed by atoms with Crippen LogP contribution in [0.4, 0.5) is 0 Å². The Bertz CT molecular complexity index is 527. The summed E-state index contributed by atoms with van der Waals surface area (Å²) in [6.07, 6.45) is 3.43. The van der Waals surface area contributed by atoms with Crippen molar-refractivity contribution in [3.63, 3.8) is 0 Å². The summed E-state index contributed by atoms with van der Waals surface area (Å²) in [5.74, 6) is 0.119. The van der Waals surface area contributed by atoms with Gasteiger partial charge in [-0.15, -0.1) is 0 Å². The van der Waals surface area contributed by atoms with Crippen LogP contribution in [0.2, 0.25) is 0 Å². The van der Waals surface area contributed by atoms with Crippen LogP contribution in [-0.2, 0) is 12.8 Å². The van der Waals surface area contributed by atoms with Gasteiger partial charge in [0.15, 0.2) is 0 Å². The molecule has 0 saturated carbocycles. The molecule has 108 valence electrons. The number of amides is 1. The van der Waals surface area contributed by atoms with Gasteiger partial charge < -0.3 is 10.6 Å². The van der Waals surface area contributed by atoms with E-state index in [0.717, 1.165) is 18.4 Å². The van der Waals surface area contributed by atoms with Crippen LogP contribution in [0.3, 0.4) is 0 Å². The molecular weight excluding hydrogens is 268 g/mol. The first-order valence-corrected chi connectivity index (χ1v) is 7.64. The minimum absolute atomic E-state index is 0.0447. The number of carbonyl (C=O) groups excluding carboxylic acids is 1. The van der Waals surface area contributed by atoms with E-state index < -0.39 is 0 Å². The highest BCUT2D eigenvalue weighted by Crippen LogP contribution is 2.23. The number of hydrogen-bond acceptors (Lipinski definition) is 2. The Labute approximate surface area is 126 Å². The SMILES string of the molecule is CCN(CC(C)C(N)=S)C(=O)c1ccc2c(c1)CCC2. The van der Waals surface area contributed by atoms with Gasteiger partial charge in [0.05, 0.1) is 4.99 Å². The van der Waals surface area contributed by atoms with Crippen molar-refractivity contribution in [2.75, 3.05) is 13.1 Å². The summed E-state index contributed by atoms with van der Waals surface area (Å²) in [6.45, 7) is 5.20. The average Bonchev–Trinajstić information content (AvgIpc) is 2.90. The van der Waals surface area contributed by atoms with Crippen LogP contribution >= 0.6 is 12.2 Å². The second kappa shape index (κ2) is 6.35. The molecule has 0 radical (unpaired) electrons. The zero-order valence-electron chi connectivity index (χ0n) is 12.2. The standard InChI is InChI=1S/C16H22N2OS/c1-3-18(10-11(2)15(17)20)16(19)14-8-7-12-5-4-6-13(12)9-14/h7-9,11H,3-6,10H2,1-2H3,(H2,17,20). The van der Waals surface area contributed by atoms with Crippen LogP contribution in [-0.4, -0.2) is 28.9 Å². The van der Waals surface area contributed by atoms with E-state index in [9.17, 15) is 4.79 Å². The lowest BCUT2D eigenvalue weighted by molar-refractivity contribution is 0.0755. The number of hydrogen-bond donors (Lipinski definition) is 1. The van der Waals surface area contributed by atoms with E-state index in [2.05, 4.69) is 12.1 Å². The summed E-state index contributed by atoms with van der Waals surface area (Å²) in [5.41, 5.74) is 9.14. The predicted octanol–water partition coefficient (Wildman–Crippen LogP) is 2.56. The molecule has 3 nitrogen and oxygen atoms in total. The molecule has 1 aromatic rings. The Kier molecular flexibility index (Phi) is 4.76. The molecular formula is C16H22N2OS. The molecule has 0 fully saturated rings. The fraction of sp³-hybridized carbons (Fsp3) is 0.500. The molecule has 0 aliphatic heterocycles. The molecule has 1 unspecified atom stereocenters. The van der Waals surface area contributed by atoms with Gasteiger partial charge >= 0.3 is 0 Å². The van der Waals surface area contributed by atoms with Crippen molar-refractivity contribution in [3.05, 3.63) is 34.9 Å². The van der Waals surface area contributed by atoms with Gasteiger partial charge in [0.25, 0.3) is 5.91 Å². The third-order valence-electron chi connectivity index (χ3n) is 3.99. The Morgan fingerprint density at radius 1 is 1.40 bits per heavy atom. The third kappa shape index (κ3) is 3.18. The number of nitrogens with zero attached hydrogens (tertiary/aromatic N) is 1. The van der Waals surface area contributed by atoms with E-state index >= 15 is 0 Å². The van der Waals surface area contributed by atoms with E-state index in [4.69, 9.17) is 18.0 Å². The largest absolute Gasteiger partial charge is 0.393 e. The summed E-state index contributed by atoms with van der Waals surface area (Å²) >= 11 is 4.99. The van der Waals surface area contributed by atoms with Gasteiger partial charge in [0, 0.05) is 24.6 Å². The highest BCUT2D eigenvalue weighted by atomic mass is 32.1. The van der Waals surface area contributed by atoms with Crippen molar-refractivity contribution in [1.82, 2.24) is 4.90 Å². The van der Waals surface area contributed by atoms with E-state index in [1.807, 2.05) is 24.8 Å². The van der Waals surface area contributed by atoms with Crippen LogP contribution < -0.4 is 5.73 Å². The summed E-state index contributed by atoms with van der Waals surface area (Å²) in [5, 5.41) is 0. The Balaban J connectivity index is 2.14. The maximum absolute atomic E-state index is 12.6. The van der Waals surface area contributed by atoms with Gasteiger partial charge in [0.2, 0.25) is 0 Å². The van der Waals surface area contributed by atoms with Gasteiger partial charge in [-0.25, -0.2) is 0 Å². The lowest BCUT2D eigenvalue weighted by atomic mass is 10.0. The van der Waals surface area contributed by atoms with E-state index in [0.29, 0.717) is 18.1 Å². The topological polar surface area (TPSA) is 46.3 Å². The minimum atomic E-state index is 0.0447. The average molecular weight is 290 g/mol. The fourth-order valence-electron chi connectivity index (χ4n) is 2.66. The molecule has 4 heteroatoms. The highest BCUT2D eigenvalue weighted by Gasteiger charge is 2.20. The molecule has 0 saturated heterocycles. The first-order chi connectivity index (χ1) is 9.52. The number of thiocarbonyl (C=S) groups is 1. The number of fused-ring (bicyclic) bond motifs is 1. The van der Waals surface area contributed by atoms with Crippen LogP contribution in [0, 0.1) is 5.92 Å². The van der Waals surface area contributed by atoms with E-state index in [1.165, 1.54) is 17.5 Å². The third-order valence-corrected chi connectivity index (χ3v) is 4.40. The lowest BCUT2D eigenvalue weighted by Gasteiger charge is -2.24. The quantitative estimate of drug-likeness (QED) is 0.848. The number of nitrogens with two attached hydrogens (primary N) is 1. The second-order valence-electron chi connectivity index (χ2n) is 5.48. The highest BCUT2D eigenvalue weighted by molar-refractivity contribution is 7.80. The smallest absolute Gasteiger partial charge is 0.253 e. The van der Waals surface area contributed by atoms with Crippen molar-refractivity contribution in [1.29, 1.82) is 0 Å². The second-order valence-corrected chi connectivity index (χ2v) is 5.96. The lowest BCUT2D eigenvalue weighted by Crippen LogP contribution is -2.38. The first-order valence-electron chi connectivity index (χ1n) is 7.23. The van der Waals surface area contributed by atoms with Gasteiger partial charge in [-0.1, -0.05) is 25.2 Å². The summed E-state index contributed by atoms with van der Waals surface area (Å²) in [4.78, 5) is 14.9. The van der Waals surface area contributed by atoms with Crippen LogP contribution in [0.1, 0.15) is 41.8 Å². The summed E-state index contributed by atoms with van der Waals surface area (Å²) in [7, 11) is 0. The number of aryl methyl sites for hydroxylation is 2. The molecule has 1 aliphatic carbocycles. The molecule has 1 aromatic carbocycles. The molecule has 0 bridgehead atoms. The molecule has 0 heterocycles. The maximum atomic E-state index is 12.6. The number of carbonyl (C=O) groups is 1. The molecule has 2 N–H and O–H groups in total. The predicted molar refractivity (Wildman–Crippen MR) is 86.0 cm³/mol. The van der Waals surface area contributed by atoms with Crippen molar-refractivity contribution in [3.8, 4) is 0 Å². The Morgan fingerprint density at radius 3 is 2.75 bits per heavy atom. The van der Waals surface area contributed by atoms with Crippen molar-refractivity contribution >= 4 is 23.1 Å². The van der Waals surface area contributed by atoms with Gasteiger partial charge in [-0.3, -0.25) is 4.79 Å². The molecule has 0 spiro atoms. The zero-order chi connectivity index (χ0) is 14.7. The Morgan fingerprint density at radius 2 is 2.10 bits per heavy atom.